The standard InChI is InChI=1S/C20H22N4O/c25-20(17-7-5-10-21-19(17)24-12-3-4-13-24)22-11-9-15-14-23-18-8-2-1-6-16(15)18/h1-2,5-8,10,14,23H,3-4,9,11-13H2,(H,22,25). The number of amides is 1. The minimum absolute atomic E-state index is 0.0464. The molecule has 0 radical (unpaired) electrons. The number of anilines is 1. The first-order chi connectivity index (χ1) is 12.3. The largest absolute Gasteiger partial charge is 0.361 e. The number of para-hydroxylation sites is 1. The number of aromatic amines is 1. The topological polar surface area (TPSA) is 61.0 Å². The molecule has 1 amide bonds. The van der Waals surface area contributed by atoms with E-state index in [1.165, 1.54) is 10.9 Å². The Bertz CT molecular complexity index is 880. The van der Waals surface area contributed by atoms with Crippen LogP contribution >= 0.6 is 0 Å². The lowest BCUT2D eigenvalue weighted by Crippen LogP contribution is -2.29. The van der Waals surface area contributed by atoms with E-state index in [1.54, 1.807) is 6.20 Å². The smallest absolute Gasteiger partial charge is 0.255 e. The number of carbonyl (C=O) groups is 1. The van der Waals surface area contributed by atoms with Crippen LogP contribution in [0, 0.1) is 0 Å². The molecule has 2 aromatic heterocycles. The van der Waals surface area contributed by atoms with E-state index in [9.17, 15) is 4.79 Å². The van der Waals surface area contributed by atoms with Gasteiger partial charge in [-0.05, 0) is 43.0 Å². The summed E-state index contributed by atoms with van der Waals surface area (Å²) in [7, 11) is 0. The number of nitrogens with zero attached hydrogens (tertiary/aromatic N) is 2. The molecule has 4 rings (SSSR count). The third kappa shape index (κ3) is 3.22. The summed E-state index contributed by atoms with van der Waals surface area (Å²) in [5, 5.41) is 4.26. The predicted molar refractivity (Wildman–Crippen MR) is 100 cm³/mol. The number of nitrogens with one attached hydrogen (secondary N) is 2. The minimum Gasteiger partial charge on any atom is -0.361 e. The van der Waals surface area contributed by atoms with Crippen molar-refractivity contribution >= 4 is 22.6 Å². The van der Waals surface area contributed by atoms with E-state index in [0.717, 1.165) is 43.7 Å². The van der Waals surface area contributed by atoms with Gasteiger partial charge in [-0.25, -0.2) is 4.98 Å². The van der Waals surface area contributed by atoms with E-state index >= 15 is 0 Å². The lowest BCUT2D eigenvalue weighted by molar-refractivity contribution is 0.0954. The highest BCUT2D eigenvalue weighted by Gasteiger charge is 2.20. The lowest BCUT2D eigenvalue weighted by Gasteiger charge is -2.19. The molecule has 0 aliphatic carbocycles. The predicted octanol–water partition coefficient (Wildman–Crippen LogP) is 3.14. The monoisotopic (exact) mass is 334 g/mol. The second kappa shape index (κ2) is 6.97. The van der Waals surface area contributed by atoms with E-state index < -0.39 is 0 Å². The molecule has 5 nitrogen and oxygen atoms in total. The van der Waals surface area contributed by atoms with Crippen LogP contribution in [0.25, 0.3) is 10.9 Å². The van der Waals surface area contributed by atoms with Crippen LogP contribution in [0.2, 0.25) is 0 Å². The number of aromatic nitrogens is 2. The molecule has 0 atom stereocenters. The van der Waals surface area contributed by atoms with Gasteiger partial charge >= 0.3 is 0 Å². The molecule has 25 heavy (non-hydrogen) atoms. The van der Waals surface area contributed by atoms with Crippen LogP contribution in [-0.4, -0.2) is 35.5 Å². The second-order valence-corrected chi connectivity index (χ2v) is 6.43. The van der Waals surface area contributed by atoms with Crippen molar-refractivity contribution < 1.29 is 4.79 Å². The molecule has 1 saturated heterocycles. The van der Waals surface area contributed by atoms with Gasteiger partial charge in [-0.15, -0.1) is 0 Å². The highest BCUT2D eigenvalue weighted by molar-refractivity contribution is 5.99. The summed E-state index contributed by atoms with van der Waals surface area (Å²) in [5.41, 5.74) is 3.03. The maximum atomic E-state index is 12.6. The van der Waals surface area contributed by atoms with Crippen molar-refractivity contribution in [3.05, 3.63) is 59.9 Å². The van der Waals surface area contributed by atoms with Crippen molar-refractivity contribution in [3.8, 4) is 0 Å². The maximum absolute atomic E-state index is 12.6. The molecule has 128 valence electrons. The second-order valence-electron chi connectivity index (χ2n) is 6.43. The SMILES string of the molecule is O=C(NCCc1c[nH]c2ccccc12)c1cccnc1N1CCCC1. The van der Waals surface area contributed by atoms with Gasteiger partial charge in [0, 0.05) is 42.9 Å². The summed E-state index contributed by atoms with van der Waals surface area (Å²) < 4.78 is 0. The van der Waals surface area contributed by atoms with Crippen LogP contribution in [-0.2, 0) is 6.42 Å². The number of carbonyl (C=O) groups excluding carboxylic acids is 1. The minimum atomic E-state index is -0.0464. The van der Waals surface area contributed by atoms with E-state index in [4.69, 9.17) is 0 Å². The van der Waals surface area contributed by atoms with E-state index in [0.29, 0.717) is 12.1 Å². The van der Waals surface area contributed by atoms with Gasteiger partial charge < -0.3 is 15.2 Å². The first-order valence-corrected chi connectivity index (χ1v) is 8.86. The third-order valence-corrected chi connectivity index (χ3v) is 4.79. The fourth-order valence-corrected chi connectivity index (χ4v) is 3.50. The summed E-state index contributed by atoms with van der Waals surface area (Å²) >= 11 is 0. The van der Waals surface area contributed by atoms with Gasteiger partial charge in [-0.1, -0.05) is 18.2 Å². The zero-order valence-electron chi connectivity index (χ0n) is 14.2. The van der Waals surface area contributed by atoms with Crippen molar-refractivity contribution in [2.24, 2.45) is 0 Å². The number of hydrogen-bond donors (Lipinski definition) is 2. The molecule has 0 spiro atoms. The molecular formula is C20H22N4O. The fourth-order valence-electron chi connectivity index (χ4n) is 3.50. The summed E-state index contributed by atoms with van der Waals surface area (Å²) in [6.45, 7) is 2.56. The van der Waals surface area contributed by atoms with Crippen LogP contribution in [0.1, 0.15) is 28.8 Å². The van der Waals surface area contributed by atoms with Crippen LogP contribution in [0.4, 0.5) is 5.82 Å². The Morgan fingerprint density at radius 3 is 2.88 bits per heavy atom. The molecule has 1 aliphatic heterocycles. The molecule has 1 aliphatic rings. The van der Waals surface area contributed by atoms with Crippen molar-refractivity contribution in [2.45, 2.75) is 19.3 Å². The molecule has 3 heterocycles. The maximum Gasteiger partial charge on any atom is 0.255 e. The first kappa shape index (κ1) is 15.7. The average molecular weight is 334 g/mol. The highest BCUT2D eigenvalue weighted by atomic mass is 16.1. The molecule has 1 aromatic carbocycles. The molecule has 2 N–H and O–H groups in total. The number of rotatable bonds is 5. The van der Waals surface area contributed by atoms with Crippen LogP contribution in [0.5, 0.6) is 0 Å². The van der Waals surface area contributed by atoms with Crippen LogP contribution in [0.15, 0.2) is 48.8 Å². The Balaban J connectivity index is 1.43. The molecule has 5 heteroatoms. The van der Waals surface area contributed by atoms with E-state index in [1.807, 2.05) is 30.5 Å². The number of fused-ring (bicyclic) bond motifs is 1. The zero-order chi connectivity index (χ0) is 17.1. The highest BCUT2D eigenvalue weighted by Crippen LogP contribution is 2.22. The number of benzene rings is 1. The van der Waals surface area contributed by atoms with Gasteiger partial charge in [-0.3, -0.25) is 4.79 Å². The summed E-state index contributed by atoms with van der Waals surface area (Å²) in [6, 6.07) is 11.9. The Hall–Kier alpha value is -2.82. The van der Waals surface area contributed by atoms with Crippen molar-refractivity contribution in [1.82, 2.24) is 15.3 Å². The normalized spacial score (nSPS) is 14.2. The van der Waals surface area contributed by atoms with Gasteiger partial charge in [0.1, 0.15) is 5.82 Å². The molecular weight excluding hydrogens is 312 g/mol. The Morgan fingerprint density at radius 1 is 1.16 bits per heavy atom. The Morgan fingerprint density at radius 2 is 2.00 bits per heavy atom. The first-order valence-electron chi connectivity index (χ1n) is 8.86. The van der Waals surface area contributed by atoms with Crippen LogP contribution < -0.4 is 10.2 Å². The fraction of sp³-hybridized carbons (Fsp3) is 0.300. The quantitative estimate of drug-likeness (QED) is 0.753. The Labute approximate surface area is 147 Å². The summed E-state index contributed by atoms with van der Waals surface area (Å²) in [5.74, 6) is 0.763. The van der Waals surface area contributed by atoms with E-state index in [2.05, 4.69) is 32.3 Å². The van der Waals surface area contributed by atoms with Gasteiger partial charge in [0.15, 0.2) is 0 Å². The molecule has 0 saturated carbocycles. The van der Waals surface area contributed by atoms with Crippen molar-refractivity contribution in [2.75, 3.05) is 24.5 Å². The van der Waals surface area contributed by atoms with Gasteiger partial charge in [0.2, 0.25) is 0 Å². The zero-order valence-corrected chi connectivity index (χ0v) is 14.2. The van der Waals surface area contributed by atoms with E-state index in [-0.39, 0.29) is 5.91 Å². The molecule has 0 unspecified atom stereocenters. The summed E-state index contributed by atoms with van der Waals surface area (Å²) in [4.78, 5) is 22.5. The molecule has 1 fully saturated rings. The molecule has 3 aromatic rings. The molecule has 0 bridgehead atoms. The van der Waals surface area contributed by atoms with Gasteiger partial charge in [0.05, 0.1) is 5.56 Å². The lowest BCUT2D eigenvalue weighted by atomic mass is 10.1. The number of hydrogen-bond acceptors (Lipinski definition) is 3. The third-order valence-electron chi connectivity index (χ3n) is 4.79. The Kier molecular flexibility index (Phi) is 4.37. The number of H-pyrrole nitrogens is 1. The van der Waals surface area contributed by atoms with Crippen molar-refractivity contribution in [3.63, 3.8) is 0 Å². The van der Waals surface area contributed by atoms with Crippen molar-refractivity contribution in [1.29, 1.82) is 0 Å². The van der Waals surface area contributed by atoms with Crippen LogP contribution in [0.3, 0.4) is 0 Å². The number of pyridine rings is 1. The summed E-state index contributed by atoms with van der Waals surface area (Å²) in [6.07, 6.45) is 6.92. The van der Waals surface area contributed by atoms with Gasteiger partial charge in [0.25, 0.3) is 5.91 Å². The average Bonchev–Trinajstić information content (AvgIpc) is 3.32. The van der Waals surface area contributed by atoms with Gasteiger partial charge in [-0.2, -0.15) is 0 Å².